The van der Waals surface area contributed by atoms with Crippen LogP contribution in [0.5, 0.6) is 0 Å². The number of benzene rings is 2. The van der Waals surface area contributed by atoms with Crippen LogP contribution < -0.4 is 4.72 Å². The van der Waals surface area contributed by atoms with E-state index in [0.717, 1.165) is 30.2 Å². The van der Waals surface area contributed by atoms with Gasteiger partial charge in [0, 0.05) is 25.2 Å². The lowest BCUT2D eigenvalue weighted by atomic mass is 9.96. The smallest absolute Gasteiger partial charge is 0.254 e. The Morgan fingerprint density at radius 3 is 2.69 bits per heavy atom. The van der Waals surface area contributed by atoms with E-state index < -0.39 is 15.3 Å². The fourth-order valence-electron chi connectivity index (χ4n) is 3.40. The van der Waals surface area contributed by atoms with E-state index in [9.17, 15) is 13.2 Å². The Labute approximate surface area is 155 Å². The number of piperidine rings is 1. The summed E-state index contributed by atoms with van der Waals surface area (Å²) in [6.45, 7) is 5.02. The fourth-order valence-corrected chi connectivity index (χ4v) is 4.20. The van der Waals surface area contributed by atoms with Crippen LogP contribution in [0.15, 0.2) is 42.5 Å². The second kappa shape index (κ2) is 7.76. The molecule has 26 heavy (non-hydrogen) atoms. The Hall–Kier alpha value is -1.92. The fraction of sp³-hybridized carbons (Fsp3) is 0.450. The first-order valence-corrected chi connectivity index (χ1v) is 10.7. The molecule has 1 N–H and O–H groups in total. The summed E-state index contributed by atoms with van der Waals surface area (Å²) < 4.78 is 26.6. The maximum atomic E-state index is 13.1. The van der Waals surface area contributed by atoms with Crippen molar-refractivity contribution in [3.05, 3.63) is 48.0 Å². The average molecular weight is 375 g/mol. The molecule has 1 aliphatic rings. The van der Waals surface area contributed by atoms with Gasteiger partial charge in [-0.25, -0.2) is 13.1 Å². The number of sulfonamides is 1. The summed E-state index contributed by atoms with van der Waals surface area (Å²) in [7, 11) is -3.27. The Bertz CT molecular complexity index is 888. The second-order valence-corrected chi connectivity index (χ2v) is 9.55. The molecular formula is C20H26N2O3S. The van der Waals surface area contributed by atoms with Crippen LogP contribution in [-0.2, 0) is 10.0 Å². The number of hydrogen-bond donors (Lipinski definition) is 1. The molecule has 1 amide bonds. The Morgan fingerprint density at radius 1 is 1.19 bits per heavy atom. The predicted octanol–water partition coefficient (Wildman–Crippen LogP) is 3.02. The van der Waals surface area contributed by atoms with Crippen molar-refractivity contribution >= 4 is 26.7 Å². The molecule has 1 aliphatic heterocycles. The maximum absolute atomic E-state index is 13.1. The van der Waals surface area contributed by atoms with Gasteiger partial charge in [-0.1, -0.05) is 36.4 Å². The highest BCUT2D eigenvalue weighted by atomic mass is 32.2. The highest BCUT2D eigenvalue weighted by molar-refractivity contribution is 7.90. The summed E-state index contributed by atoms with van der Waals surface area (Å²) in [4.78, 5) is 14.9. The predicted molar refractivity (Wildman–Crippen MR) is 105 cm³/mol. The summed E-state index contributed by atoms with van der Waals surface area (Å²) in [6.07, 6.45) is 1.82. The van der Waals surface area contributed by atoms with Gasteiger partial charge in [0.1, 0.15) is 0 Å². The number of amides is 1. The zero-order valence-electron chi connectivity index (χ0n) is 15.3. The first-order valence-electron chi connectivity index (χ1n) is 9.14. The molecule has 0 bridgehead atoms. The van der Waals surface area contributed by atoms with Gasteiger partial charge in [0.2, 0.25) is 10.0 Å². The quantitative estimate of drug-likeness (QED) is 0.875. The molecule has 3 rings (SSSR count). The molecular weight excluding hydrogens is 348 g/mol. The number of nitrogens with one attached hydrogen (secondary N) is 1. The highest BCUT2D eigenvalue weighted by Crippen LogP contribution is 2.23. The minimum Gasteiger partial charge on any atom is -0.338 e. The Balaban J connectivity index is 1.72. The van der Waals surface area contributed by atoms with Crippen LogP contribution in [-0.4, -0.2) is 44.1 Å². The van der Waals surface area contributed by atoms with Crippen molar-refractivity contribution in [1.29, 1.82) is 0 Å². The van der Waals surface area contributed by atoms with Crippen LogP contribution in [0.25, 0.3) is 10.8 Å². The Kier molecular flexibility index (Phi) is 5.63. The molecule has 2 aromatic rings. The minimum absolute atomic E-state index is 0.0261. The van der Waals surface area contributed by atoms with Crippen LogP contribution in [0.2, 0.25) is 0 Å². The summed E-state index contributed by atoms with van der Waals surface area (Å²) in [5.74, 6) is 0.175. The van der Waals surface area contributed by atoms with Gasteiger partial charge in [-0.05, 0) is 49.4 Å². The van der Waals surface area contributed by atoms with Crippen LogP contribution in [0, 0.1) is 5.92 Å². The van der Waals surface area contributed by atoms with Crippen molar-refractivity contribution < 1.29 is 13.2 Å². The SMILES string of the molecule is CC(C)S(=O)(=O)NCC1CCCN(C(=O)c2cccc3ccccc23)C1. The Morgan fingerprint density at radius 2 is 1.92 bits per heavy atom. The van der Waals surface area contributed by atoms with E-state index in [-0.39, 0.29) is 11.8 Å². The van der Waals surface area contributed by atoms with Gasteiger partial charge in [-0.3, -0.25) is 4.79 Å². The van der Waals surface area contributed by atoms with Crippen molar-refractivity contribution in [2.45, 2.75) is 31.9 Å². The van der Waals surface area contributed by atoms with Gasteiger partial charge in [-0.2, -0.15) is 0 Å². The molecule has 1 heterocycles. The maximum Gasteiger partial charge on any atom is 0.254 e. The largest absolute Gasteiger partial charge is 0.338 e. The number of nitrogens with zero attached hydrogens (tertiary/aromatic N) is 1. The van der Waals surface area contributed by atoms with Crippen LogP contribution in [0.1, 0.15) is 37.0 Å². The number of likely N-dealkylation sites (tertiary alicyclic amines) is 1. The topological polar surface area (TPSA) is 66.5 Å². The summed E-state index contributed by atoms with van der Waals surface area (Å²) >= 11 is 0. The summed E-state index contributed by atoms with van der Waals surface area (Å²) in [6, 6.07) is 13.7. The van der Waals surface area contributed by atoms with Crippen LogP contribution >= 0.6 is 0 Å². The molecule has 2 aromatic carbocycles. The van der Waals surface area contributed by atoms with E-state index in [1.165, 1.54) is 0 Å². The molecule has 0 spiro atoms. The lowest BCUT2D eigenvalue weighted by Crippen LogP contribution is -2.44. The van der Waals surface area contributed by atoms with Crippen LogP contribution in [0.3, 0.4) is 0 Å². The molecule has 0 aromatic heterocycles. The highest BCUT2D eigenvalue weighted by Gasteiger charge is 2.26. The number of hydrogen-bond acceptors (Lipinski definition) is 3. The van der Waals surface area contributed by atoms with Gasteiger partial charge < -0.3 is 4.90 Å². The van der Waals surface area contributed by atoms with Crippen molar-refractivity contribution in [2.24, 2.45) is 5.92 Å². The lowest BCUT2D eigenvalue weighted by Gasteiger charge is -2.33. The van der Waals surface area contributed by atoms with E-state index >= 15 is 0 Å². The number of carbonyl (C=O) groups excluding carboxylic acids is 1. The standard InChI is InChI=1S/C20H26N2O3S/c1-15(2)26(24,25)21-13-16-7-6-12-22(14-16)20(23)19-11-5-9-17-8-3-4-10-18(17)19/h3-5,8-11,15-16,21H,6-7,12-14H2,1-2H3. The van der Waals surface area contributed by atoms with Crippen molar-refractivity contribution in [3.63, 3.8) is 0 Å². The molecule has 1 saturated heterocycles. The average Bonchev–Trinajstić information content (AvgIpc) is 2.65. The minimum atomic E-state index is -3.27. The number of fused-ring (bicyclic) bond motifs is 1. The zero-order chi connectivity index (χ0) is 18.7. The van der Waals surface area contributed by atoms with Crippen molar-refractivity contribution in [2.75, 3.05) is 19.6 Å². The molecule has 0 saturated carbocycles. The third-order valence-corrected chi connectivity index (χ3v) is 6.83. The second-order valence-electron chi connectivity index (χ2n) is 7.23. The van der Waals surface area contributed by atoms with Gasteiger partial charge in [0.25, 0.3) is 5.91 Å². The summed E-state index contributed by atoms with van der Waals surface area (Å²) in [5.41, 5.74) is 0.714. The zero-order valence-corrected chi connectivity index (χ0v) is 16.1. The molecule has 140 valence electrons. The third-order valence-electron chi connectivity index (χ3n) is 5.02. The van der Waals surface area contributed by atoms with Crippen LogP contribution in [0.4, 0.5) is 0 Å². The normalized spacial score (nSPS) is 18.4. The van der Waals surface area contributed by atoms with E-state index in [1.807, 2.05) is 47.4 Å². The first-order chi connectivity index (χ1) is 12.4. The third kappa shape index (κ3) is 4.07. The molecule has 5 nitrogen and oxygen atoms in total. The summed E-state index contributed by atoms with van der Waals surface area (Å²) in [5, 5.41) is 1.57. The van der Waals surface area contributed by atoms with Crippen molar-refractivity contribution in [3.8, 4) is 0 Å². The molecule has 1 unspecified atom stereocenters. The molecule has 1 fully saturated rings. The molecule has 6 heteroatoms. The van der Waals surface area contributed by atoms with Gasteiger partial charge >= 0.3 is 0 Å². The van der Waals surface area contributed by atoms with E-state index in [2.05, 4.69) is 4.72 Å². The number of carbonyl (C=O) groups is 1. The molecule has 1 atom stereocenters. The van der Waals surface area contributed by atoms with Gasteiger partial charge in [0.05, 0.1) is 5.25 Å². The van der Waals surface area contributed by atoms with E-state index in [1.54, 1.807) is 13.8 Å². The monoisotopic (exact) mass is 374 g/mol. The lowest BCUT2D eigenvalue weighted by molar-refractivity contribution is 0.0678. The van der Waals surface area contributed by atoms with Gasteiger partial charge in [-0.15, -0.1) is 0 Å². The van der Waals surface area contributed by atoms with Crippen molar-refractivity contribution in [1.82, 2.24) is 9.62 Å². The number of rotatable bonds is 5. The molecule has 0 aliphatic carbocycles. The van der Waals surface area contributed by atoms with E-state index in [0.29, 0.717) is 18.7 Å². The molecule has 0 radical (unpaired) electrons. The van der Waals surface area contributed by atoms with E-state index in [4.69, 9.17) is 0 Å². The first kappa shape index (κ1) is 18.9. The van der Waals surface area contributed by atoms with Gasteiger partial charge in [0.15, 0.2) is 0 Å².